The van der Waals surface area contributed by atoms with Crippen LogP contribution in [0, 0.1) is 0 Å². The Hall–Kier alpha value is -0.350. The van der Waals surface area contributed by atoms with Crippen molar-refractivity contribution in [1.82, 2.24) is 4.72 Å². The summed E-state index contributed by atoms with van der Waals surface area (Å²) in [5.41, 5.74) is 0.742. The molecule has 11 heavy (non-hydrogen) atoms. The van der Waals surface area contributed by atoms with Gasteiger partial charge in [-0.2, -0.15) is 0 Å². The average Bonchev–Trinajstić information content (AvgIpc) is 2.66. The third kappa shape index (κ3) is 1.10. The van der Waals surface area contributed by atoms with Crippen LogP contribution in [-0.4, -0.2) is 20.2 Å². The summed E-state index contributed by atoms with van der Waals surface area (Å²) < 4.78 is 24.4. The highest BCUT2D eigenvalue weighted by molar-refractivity contribution is 7.91. The number of hydrogen-bond acceptors (Lipinski definition) is 2. The highest BCUT2D eigenvalue weighted by Crippen LogP contribution is 2.47. The molecule has 0 radical (unpaired) electrons. The van der Waals surface area contributed by atoms with Crippen molar-refractivity contribution < 1.29 is 8.42 Å². The average molecular weight is 175 g/mol. The molecule has 0 amide bonds. The minimum atomic E-state index is -3.14. The highest BCUT2D eigenvalue weighted by Gasteiger charge is 2.54. The second-order valence-electron chi connectivity index (χ2n) is 2.98. The molecule has 0 heterocycles. The van der Waals surface area contributed by atoms with Crippen LogP contribution in [0.4, 0.5) is 0 Å². The molecule has 0 spiro atoms. The minimum Gasteiger partial charge on any atom is -0.218 e. The van der Waals surface area contributed by atoms with E-state index in [4.69, 9.17) is 0 Å². The monoisotopic (exact) mass is 175 g/mol. The largest absolute Gasteiger partial charge is 0.220 e. The Labute approximate surface area is 67.5 Å². The molecule has 0 unspecified atom stereocenters. The van der Waals surface area contributed by atoms with Crippen molar-refractivity contribution in [3.63, 3.8) is 0 Å². The van der Waals surface area contributed by atoms with Gasteiger partial charge in [-0.05, 0) is 26.8 Å². The molecule has 3 nitrogen and oxygen atoms in total. The molecule has 0 saturated heterocycles. The van der Waals surface area contributed by atoms with Crippen LogP contribution in [0.5, 0.6) is 0 Å². The maximum atomic E-state index is 11.4. The number of sulfonamides is 1. The first-order chi connectivity index (χ1) is 4.96. The van der Waals surface area contributed by atoms with Gasteiger partial charge in [0.05, 0.1) is 0 Å². The Morgan fingerprint density at radius 2 is 2.00 bits per heavy atom. The van der Waals surface area contributed by atoms with E-state index in [1.54, 1.807) is 6.92 Å². The second-order valence-corrected chi connectivity index (χ2v) is 5.18. The Balaban J connectivity index is 3.00. The molecular formula is C7H13NO2S. The molecule has 0 aromatic carbocycles. The third-order valence-electron chi connectivity index (χ3n) is 2.27. The van der Waals surface area contributed by atoms with Crippen LogP contribution >= 0.6 is 0 Å². The first kappa shape index (κ1) is 8.74. The lowest BCUT2D eigenvalue weighted by molar-refractivity contribution is 0.576. The van der Waals surface area contributed by atoms with E-state index in [1.165, 1.54) is 7.05 Å². The number of rotatable bonds is 3. The van der Waals surface area contributed by atoms with Crippen LogP contribution in [0.15, 0.2) is 12.2 Å². The van der Waals surface area contributed by atoms with Crippen LogP contribution in [0.2, 0.25) is 0 Å². The zero-order valence-electron chi connectivity index (χ0n) is 6.85. The normalized spacial score (nSPS) is 21.3. The molecule has 0 aromatic rings. The SMILES string of the molecule is C=C(C)C1(S(=O)(=O)NC)CC1. The van der Waals surface area contributed by atoms with Crippen molar-refractivity contribution in [2.45, 2.75) is 24.5 Å². The summed E-state index contributed by atoms with van der Waals surface area (Å²) in [7, 11) is -1.69. The molecule has 0 aliphatic heterocycles. The second kappa shape index (κ2) is 2.32. The molecule has 0 bridgehead atoms. The van der Waals surface area contributed by atoms with E-state index >= 15 is 0 Å². The Bertz CT molecular complexity index is 275. The van der Waals surface area contributed by atoms with Crippen LogP contribution < -0.4 is 4.72 Å². The van der Waals surface area contributed by atoms with E-state index in [1.807, 2.05) is 0 Å². The molecule has 1 aliphatic carbocycles. The molecule has 64 valence electrons. The van der Waals surface area contributed by atoms with E-state index < -0.39 is 14.8 Å². The third-order valence-corrected chi connectivity index (χ3v) is 4.59. The summed E-state index contributed by atoms with van der Waals surface area (Å²) >= 11 is 0. The van der Waals surface area contributed by atoms with Crippen molar-refractivity contribution in [3.8, 4) is 0 Å². The molecular weight excluding hydrogens is 162 g/mol. The molecule has 0 aromatic heterocycles. The van der Waals surface area contributed by atoms with Gasteiger partial charge in [-0.1, -0.05) is 12.2 Å². The summed E-state index contributed by atoms with van der Waals surface area (Å²) in [6.45, 7) is 5.45. The molecule has 4 heteroatoms. The van der Waals surface area contributed by atoms with E-state index in [0.29, 0.717) is 12.8 Å². The van der Waals surface area contributed by atoms with Gasteiger partial charge >= 0.3 is 0 Å². The Kier molecular flexibility index (Phi) is 1.84. The van der Waals surface area contributed by atoms with Gasteiger partial charge in [-0.25, -0.2) is 13.1 Å². The van der Waals surface area contributed by atoms with Gasteiger partial charge in [0.1, 0.15) is 4.75 Å². The maximum absolute atomic E-state index is 11.4. The Morgan fingerprint density at radius 1 is 1.55 bits per heavy atom. The zero-order chi connectivity index (χ0) is 8.70. The molecule has 1 rings (SSSR count). The predicted octanol–water partition coefficient (Wildman–Crippen LogP) is 0.644. The predicted molar refractivity (Wildman–Crippen MR) is 44.8 cm³/mol. The van der Waals surface area contributed by atoms with E-state index in [2.05, 4.69) is 11.3 Å². The molecule has 1 fully saturated rings. The van der Waals surface area contributed by atoms with Crippen LogP contribution in [-0.2, 0) is 10.0 Å². The lowest BCUT2D eigenvalue weighted by atomic mass is 10.2. The minimum absolute atomic E-state index is 0.637. The van der Waals surface area contributed by atoms with Crippen LogP contribution in [0.1, 0.15) is 19.8 Å². The van der Waals surface area contributed by atoms with E-state index in [-0.39, 0.29) is 0 Å². The van der Waals surface area contributed by atoms with Gasteiger partial charge in [0.25, 0.3) is 0 Å². The lowest BCUT2D eigenvalue weighted by Crippen LogP contribution is -2.34. The van der Waals surface area contributed by atoms with Crippen molar-refractivity contribution in [2.24, 2.45) is 0 Å². The molecule has 1 aliphatic rings. The van der Waals surface area contributed by atoms with Gasteiger partial charge < -0.3 is 0 Å². The number of hydrogen-bond donors (Lipinski definition) is 1. The summed E-state index contributed by atoms with van der Waals surface area (Å²) in [6.07, 6.45) is 1.43. The first-order valence-electron chi connectivity index (χ1n) is 3.55. The van der Waals surface area contributed by atoms with Crippen LogP contribution in [0.3, 0.4) is 0 Å². The van der Waals surface area contributed by atoms with Gasteiger partial charge in [0.2, 0.25) is 10.0 Å². The van der Waals surface area contributed by atoms with Gasteiger partial charge in [-0.15, -0.1) is 0 Å². The van der Waals surface area contributed by atoms with E-state index in [9.17, 15) is 8.42 Å². The molecule has 0 atom stereocenters. The molecule has 1 saturated carbocycles. The maximum Gasteiger partial charge on any atom is 0.220 e. The number of nitrogens with one attached hydrogen (secondary N) is 1. The summed E-state index contributed by atoms with van der Waals surface area (Å²) in [5, 5.41) is 0. The van der Waals surface area contributed by atoms with Crippen LogP contribution in [0.25, 0.3) is 0 Å². The topological polar surface area (TPSA) is 46.2 Å². The molecule has 1 N–H and O–H groups in total. The summed E-state index contributed by atoms with van der Waals surface area (Å²) in [4.78, 5) is 0. The standard InChI is InChI=1S/C7H13NO2S/c1-6(2)7(4-5-7)11(9,10)8-3/h8H,1,4-5H2,2-3H3. The van der Waals surface area contributed by atoms with Gasteiger partial charge in [0.15, 0.2) is 0 Å². The van der Waals surface area contributed by atoms with Crippen molar-refractivity contribution in [1.29, 1.82) is 0 Å². The van der Waals surface area contributed by atoms with Gasteiger partial charge in [-0.3, -0.25) is 0 Å². The fourth-order valence-electron chi connectivity index (χ4n) is 1.23. The lowest BCUT2D eigenvalue weighted by Gasteiger charge is -2.14. The quantitative estimate of drug-likeness (QED) is 0.640. The Morgan fingerprint density at radius 3 is 2.09 bits per heavy atom. The fraction of sp³-hybridized carbons (Fsp3) is 0.714. The highest BCUT2D eigenvalue weighted by atomic mass is 32.2. The van der Waals surface area contributed by atoms with Gasteiger partial charge in [0, 0.05) is 0 Å². The van der Waals surface area contributed by atoms with Crippen molar-refractivity contribution in [2.75, 3.05) is 7.05 Å². The zero-order valence-corrected chi connectivity index (χ0v) is 7.66. The van der Waals surface area contributed by atoms with E-state index in [0.717, 1.165) is 5.57 Å². The van der Waals surface area contributed by atoms with Crippen molar-refractivity contribution >= 4 is 10.0 Å². The first-order valence-corrected chi connectivity index (χ1v) is 5.04. The summed E-state index contributed by atoms with van der Waals surface area (Å²) in [5.74, 6) is 0. The van der Waals surface area contributed by atoms with Crippen molar-refractivity contribution in [3.05, 3.63) is 12.2 Å². The summed E-state index contributed by atoms with van der Waals surface area (Å²) in [6, 6.07) is 0. The smallest absolute Gasteiger partial charge is 0.218 e. The fourth-order valence-corrected chi connectivity index (χ4v) is 2.72.